The van der Waals surface area contributed by atoms with Gasteiger partial charge in [0.15, 0.2) is 5.96 Å². The summed E-state index contributed by atoms with van der Waals surface area (Å²) in [5, 5.41) is 6.37. The molecule has 146 valence electrons. The maximum atomic E-state index is 12.8. The first-order valence-corrected chi connectivity index (χ1v) is 8.84. The first-order chi connectivity index (χ1) is 12.8. The van der Waals surface area contributed by atoms with Gasteiger partial charge in [0.05, 0.1) is 17.8 Å². The third-order valence-corrected chi connectivity index (χ3v) is 4.26. The number of rotatable bonds is 6. The maximum absolute atomic E-state index is 12.8. The van der Waals surface area contributed by atoms with E-state index in [0.717, 1.165) is 17.5 Å². The molecule has 1 aromatic carbocycles. The summed E-state index contributed by atoms with van der Waals surface area (Å²) in [6.45, 7) is 5.00. The molecule has 0 saturated carbocycles. The standard InChI is InChI=1S/C20H25F3N4/c1-14(16-7-5-8-17(12-16)20(21,22)23)10-11-25-19(24-3)26-13-18-9-4-6-15(2)27-18/h4-9,12,14H,10-11,13H2,1-3H3,(H2,24,25,26). The molecule has 2 aromatic rings. The van der Waals surface area contributed by atoms with Gasteiger partial charge >= 0.3 is 6.18 Å². The van der Waals surface area contributed by atoms with Gasteiger partial charge in [-0.1, -0.05) is 31.2 Å². The Bertz CT molecular complexity index is 772. The number of nitrogens with one attached hydrogen (secondary N) is 2. The zero-order valence-corrected chi connectivity index (χ0v) is 15.8. The Balaban J connectivity index is 1.83. The highest BCUT2D eigenvalue weighted by Crippen LogP contribution is 2.31. The van der Waals surface area contributed by atoms with Crippen molar-refractivity contribution in [1.82, 2.24) is 15.6 Å². The fourth-order valence-electron chi connectivity index (χ4n) is 2.69. The van der Waals surface area contributed by atoms with Crippen molar-refractivity contribution in [3.8, 4) is 0 Å². The van der Waals surface area contributed by atoms with E-state index < -0.39 is 11.7 Å². The van der Waals surface area contributed by atoms with Crippen LogP contribution in [0.4, 0.5) is 13.2 Å². The molecule has 4 nitrogen and oxygen atoms in total. The molecule has 2 N–H and O–H groups in total. The van der Waals surface area contributed by atoms with Crippen LogP contribution in [0.5, 0.6) is 0 Å². The Morgan fingerprint density at radius 2 is 1.89 bits per heavy atom. The molecule has 27 heavy (non-hydrogen) atoms. The fourth-order valence-corrected chi connectivity index (χ4v) is 2.69. The molecular formula is C20H25F3N4. The lowest BCUT2D eigenvalue weighted by Crippen LogP contribution is -2.37. The Hall–Kier alpha value is -2.57. The quantitative estimate of drug-likeness (QED) is 0.583. The van der Waals surface area contributed by atoms with Crippen LogP contribution in [0.15, 0.2) is 47.5 Å². The molecule has 7 heteroatoms. The van der Waals surface area contributed by atoms with Crippen molar-refractivity contribution in [2.45, 2.75) is 38.9 Å². The van der Waals surface area contributed by atoms with Crippen LogP contribution in [0.1, 0.15) is 41.8 Å². The summed E-state index contributed by atoms with van der Waals surface area (Å²) in [6, 6.07) is 11.3. The van der Waals surface area contributed by atoms with Crippen molar-refractivity contribution < 1.29 is 13.2 Å². The monoisotopic (exact) mass is 378 g/mol. The van der Waals surface area contributed by atoms with E-state index in [-0.39, 0.29) is 5.92 Å². The van der Waals surface area contributed by atoms with Crippen molar-refractivity contribution in [2.24, 2.45) is 4.99 Å². The van der Waals surface area contributed by atoms with Crippen LogP contribution >= 0.6 is 0 Å². The fraction of sp³-hybridized carbons (Fsp3) is 0.400. The second kappa shape index (κ2) is 9.39. The highest BCUT2D eigenvalue weighted by molar-refractivity contribution is 5.79. The number of nitrogens with zero attached hydrogens (tertiary/aromatic N) is 2. The summed E-state index contributed by atoms with van der Waals surface area (Å²) in [5.74, 6) is 0.630. The predicted molar refractivity (Wildman–Crippen MR) is 102 cm³/mol. The van der Waals surface area contributed by atoms with Crippen LogP contribution in [0.2, 0.25) is 0 Å². The number of aromatic nitrogens is 1. The Kier molecular flexibility index (Phi) is 7.21. The topological polar surface area (TPSA) is 49.3 Å². The molecule has 1 heterocycles. The Labute approximate surface area is 157 Å². The predicted octanol–water partition coefficient (Wildman–Crippen LogP) is 4.27. The number of guanidine groups is 1. The minimum Gasteiger partial charge on any atom is -0.356 e. The maximum Gasteiger partial charge on any atom is 0.416 e. The number of aliphatic imine (C=N–C) groups is 1. The van der Waals surface area contributed by atoms with Gasteiger partial charge in [-0.05, 0) is 43.0 Å². The summed E-state index contributed by atoms with van der Waals surface area (Å²) in [5.41, 5.74) is 1.93. The summed E-state index contributed by atoms with van der Waals surface area (Å²) in [7, 11) is 1.68. The molecule has 0 aliphatic carbocycles. The Morgan fingerprint density at radius 3 is 2.56 bits per heavy atom. The molecule has 0 fully saturated rings. The van der Waals surface area contributed by atoms with Gasteiger partial charge in [0.1, 0.15) is 0 Å². The van der Waals surface area contributed by atoms with Gasteiger partial charge in [-0.25, -0.2) is 0 Å². The van der Waals surface area contributed by atoms with Crippen LogP contribution in [-0.2, 0) is 12.7 Å². The van der Waals surface area contributed by atoms with Crippen LogP contribution in [0, 0.1) is 6.92 Å². The minimum atomic E-state index is -4.32. The lowest BCUT2D eigenvalue weighted by atomic mass is 9.96. The van der Waals surface area contributed by atoms with Crippen LogP contribution in [-0.4, -0.2) is 24.5 Å². The largest absolute Gasteiger partial charge is 0.416 e. The van der Waals surface area contributed by atoms with Crippen molar-refractivity contribution >= 4 is 5.96 Å². The third-order valence-electron chi connectivity index (χ3n) is 4.26. The van der Waals surface area contributed by atoms with Crippen molar-refractivity contribution in [2.75, 3.05) is 13.6 Å². The number of pyridine rings is 1. The van der Waals surface area contributed by atoms with E-state index in [4.69, 9.17) is 0 Å². The number of alkyl halides is 3. The number of halogens is 3. The van der Waals surface area contributed by atoms with Crippen molar-refractivity contribution in [1.29, 1.82) is 0 Å². The van der Waals surface area contributed by atoms with Gasteiger partial charge in [-0.2, -0.15) is 13.2 Å². The third kappa shape index (κ3) is 6.58. The van der Waals surface area contributed by atoms with E-state index in [1.165, 1.54) is 12.1 Å². The molecule has 0 saturated heterocycles. The molecule has 1 unspecified atom stereocenters. The van der Waals surface area contributed by atoms with Gasteiger partial charge in [0.25, 0.3) is 0 Å². The normalized spacial score (nSPS) is 13.3. The van der Waals surface area contributed by atoms with Crippen LogP contribution in [0.3, 0.4) is 0 Å². The number of benzene rings is 1. The molecule has 0 amide bonds. The van der Waals surface area contributed by atoms with Gasteiger partial charge in [-0.3, -0.25) is 9.98 Å². The molecule has 1 aromatic heterocycles. The molecule has 1 atom stereocenters. The lowest BCUT2D eigenvalue weighted by Gasteiger charge is -2.16. The lowest BCUT2D eigenvalue weighted by molar-refractivity contribution is -0.137. The summed E-state index contributed by atoms with van der Waals surface area (Å²) < 4.78 is 38.5. The molecule has 0 radical (unpaired) electrons. The molecule has 0 aliphatic heterocycles. The van der Waals surface area contributed by atoms with Crippen molar-refractivity contribution in [3.63, 3.8) is 0 Å². The van der Waals surface area contributed by atoms with Crippen LogP contribution < -0.4 is 10.6 Å². The highest BCUT2D eigenvalue weighted by atomic mass is 19.4. The number of aryl methyl sites for hydroxylation is 1. The zero-order chi connectivity index (χ0) is 19.9. The van der Waals surface area contributed by atoms with Crippen LogP contribution in [0.25, 0.3) is 0 Å². The van der Waals surface area contributed by atoms with E-state index in [9.17, 15) is 13.2 Å². The first-order valence-electron chi connectivity index (χ1n) is 8.84. The van der Waals surface area contributed by atoms with E-state index in [2.05, 4.69) is 20.6 Å². The molecular weight excluding hydrogens is 353 g/mol. The average molecular weight is 378 g/mol. The van der Waals surface area contributed by atoms with E-state index >= 15 is 0 Å². The minimum absolute atomic E-state index is 0.00338. The van der Waals surface area contributed by atoms with Crippen molar-refractivity contribution in [3.05, 3.63) is 65.0 Å². The second-order valence-corrected chi connectivity index (χ2v) is 6.44. The summed E-state index contributed by atoms with van der Waals surface area (Å²) in [6.07, 6.45) is -3.63. The van der Waals surface area contributed by atoms with Gasteiger partial charge in [-0.15, -0.1) is 0 Å². The van der Waals surface area contributed by atoms with Gasteiger partial charge in [0, 0.05) is 19.3 Å². The van der Waals surface area contributed by atoms with Gasteiger partial charge < -0.3 is 10.6 Å². The first kappa shape index (κ1) is 20.7. The second-order valence-electron chi connectivity index (χ2n) is 6.44. The molecule has 0 aliphatic rings. The number of hydrogen-bond donors (Lipinski definition) is 2. The van der Waals surface area contributed by atoms with E-state index in [1.807, 2.05) is 32.0 Å². The smallest absolute Gasteiger partial charge is 0.356 e. The summed E-state index contributed by atoms with van der Waals surface area (Å²) >= 11 is 0. The van der Waals surface area contributed by atoms with E-state index in [0.29, 0.717) is 31.0 Å². The number of hydrogen-bond acceptors (Lipinski definition) is 2. The molecule has 2 rings (SSSR count). The Morgan fingerprint density at radius 1 is 1.15 bits per heavy atom. The van der Waals surface area contributed by atoms with Gasteiger partial charge in [0.2, 0.25) is 0 Å². The average Bonchev–Trinajstić information content (AvgIpc) is 2.64. The summed E-state index contributed by atoms with van der Waals surface area (Å²) in [4.78, 5) is 8.58. The highest BCUT2D eigenvalue weighted by Gasteiger charge is 2.30. The molecule has 0 spiro atoms. The SMILES string of the molecule is CN=C(NCCC(C)c1cccc(C(F)(F)F)c1)NCc1cccc(C)n1. The van der Waals surface area contributed by atoms with E-state index in [1.54, 1.807) is 13.1 Å². The zero-order valence-electron chi connectivity index (χ0n) is 15.8. The molecule has 0 bridgehead atoms.